The van der Waals surface area contributed by atoms with Crippen LogP contribution in [0.3, 0.4) is 0 Å². The average molecular weight is 266 g/mol. The Balaban J connectivity index is 1.96. The highest BCUT2D eigenvalue weighted by Gasteiger charge is 2.07. The van der Waals surface area contributed by atoms with E-state index in [-0.39, 0.29) is 12.8 Å². The van der Waals surface area contributed by atoms with Crippen molar-refractivity contribution in [2.75, 3.05) is 5.43 Å². The number of carboxylic acids is 1. The quantitative estimate of drug-likeness (QED) is 0.697. The molecule has 8 heteroatoms. The van der Waals surface area contributed by atoms with Crippen molar-refractivity contribution in [3.63, 3.8) is 0 Å². The van der Waals surface area contributed by atoms with E-state index in [0.717, 1.165) is 10.2 Å². The van der Waals surface area contributed by atoms with Gasteiger partial charge in [-0.2, -0.15) is 0 Å². The summed E-state index contributed by atoms with van der Waals surface area (Å²) in [6, 6.07) is 1.84. The number of hydrogen-bond acceptors (Lipinski definition) is 6. The molecule has 2 rings (SSSR count). The van der Waals surface area contributed by atoms with E-state index in [2.05, 4.69) is 20.8 Å². The predicted molar refractivity (Wildman–Crippen MR) is 66.1 cm³/mol. The van der Waals surface area contributed by atoms with Crippen molar-refractivity contribution < 1.29 is 14.7 Å². The molecule has 0 unspecified atom stereocenters. The third-order valence-corrected chi connectivity index (χ3v) is 2.97. The Bertz CT molecular complexity index is 583. The second-order valence-corrected chi connectivity index (χ2v) is 4.32. The van der Waals surface area contributed by atoms with Gasteiger partial charge < -0.3 is 5.11 Å². The number of carbonyl (C=O) groups is 2. The van der Waals surface area contributed by atoms with Crippen molar-refractivity contribution in [3.05, 3.63) is 17.8 Å². The lowest BCUT2D eigenvalue weighted by Gasteiger charge is -2.07. The molecule has 0 saturated carbocycles. The van der Waals surface area contributed by atoms with E-state index in [9.17, 15) is 9.59 Å². The van der Waals surface area contributed by atoms with Crippen molar-refractivity contribution >= 4 is 39.2 Å². The first-order valence-electron chi connectivity index (χ1n) is 5.11. The van der Waals surface area contributed by atoms with Gasteiger partial charge in [-0.1, -0.05) is 0 Å². The highest BCUT2D eigenvalue weighted by molar-refractivity contribution is 7.16. The van der Waals surface area contributed by atoms with Crippen LogP contribution < -0.4 is 10.9 Å². The molecule has 0 aliphatic carbocycles. The maximum Gasteiger partial charge on any atom is 0.303 e. The number of carboxylic acid groups (broad SMARTS) is 1. The fraction of sp³-hybridized carbons (Fsp3) is 0.200. The summed E-state index contributed by atoms with van der Waals surface area (Å²) in [7, 11) is 0. The van der Waals surface area contributed by atoms with Gasteiger partial charge in [-0.3, -0.25) is 20.4 Å². The molecule has 0 aliphatic rings. The molecule has 0 aromatic carbocycles. The Labute approximate surface area is 106 Å². The molecule has 2 heterocycles. The highest BCUT2D eigenvalue weighted by Crippen LogP contribution is 2.22. The zero-order chi connectivity index (χ0) is 13.0. The van der Waals surface area contributed by atoms with Crippen LogP contribution in [0.4, 0.5) is 5.82 Å². The van der Waals surface area contributed by atoms with E-state index in [1.54, 1.807) is 0 Å². The number of anilines is 1. The van der Waals surface area contributed by atoms with Gasteiger partial charge in [-0.25, -0.2) is 9.97 Å². The fourth-order valence-corrected chi connectivity index (χ4v) is 2.03. The molecule has 0 saturated heterocycles. The Morgan fingerprint density at radius 1 is 1.33 bits per heavy atom. The molecule has 2 aromatic heterocycles. The van der Waals surface area contributed by atoms with Gasteiger partial charge in [-0.15, -0.1) is 11.3 Å². The number of aliphatic carboxylic acids is 1. The topological polar surface area (TPSA) is 104 Å². The summed E-state index contributed by atoms with van der Waals surface area (Å²) in [5.41, 5.74) is 5.06. The minimum atomic E-state index is -1.01. The van der Waals surface area contributed by atoms with E-state index >= 15 is 0 Å². The molecule has 0 fully saturated rings. The second kappa shape index (κ2) is 5.41. The molecule has 0 atom stereocenters. The van der Waals surface area contributed by atoms with Crippen molar-refractivity contribution in [1.29, 1.82) is 0 Å². The van der Waals surface area contributed by atoms with Gasteiger partial charge in [0, 0.05) is 6.42 Å². The van der Waals surface area contributed by atoms with Crippen molar-refractivity contribution in [2.24, 2.45) is 0 Å². The number of nitrogens with zero attached hydrogens (tertiary/aromatic N) is 2. The van der Waals surface area contributed by atoms with Crippen LogP contribution in [0.25, 0.3) is 10.2 Å². The average Bonchev–Trinajstić information content (AvgIpc) is 2.82. The summed E-state index contributed by atoms with van der Waals surface area (Å²) in [6.07, 6.45) is 1.11. The Kier molecular flexibility index (Phi) is 3.68. The van der Waals surface area contributed by atoms with Crippen LogP contribution in [-0.2, 0) is 9.59 Å². The number of nitrogens with one attached hydrogen (secondary N) is 2. The fourth-order valence-electron chi connectivity index (χ4n) is 1.30. The first-order valence-corrected chi connectivity index (χ1v) is 5.99. The standard InChI is InChI=1S/C10H10N4O3S/c15-7(1-2-8(16)17)13-14-9-6-3-4-18-10(6)12-5-11-9/h3-5H,1-2H2,(H,13,15)(H,16,17)(H,11,12,14). The zero-order valence-corrected chi connectivity index (χ0v) is 10.0. The SMILES string of the molecule is O=C(O)CCC(=O)NNc1ncnc2sccc12. The first kappa shape index (κ1) is 12.2. The summed E-state index contributed by atoms with van der Waals surface area (Å²) in [6.45, 7) is 0. The minimum Gasteiger partial charge on any atom is -0.481 e. The van der Waals surface area contributed by atoms with Crippen molar-refractivity contribution in [1.82, 2.24) is 15.4 Å². The monoisotopic (exact) mass is 266 g/mol. The molecule has 18 heavy (non-hydrogen) atoms. The van der Waals surface area contributed by atoms with E-state index in [0.29, 0.717) is 5.82 Å². The molecule has 0 spiro atoms. The molecule has 3 N–H and O–H groups in total. The van der Waals surface area contributed by atoms with Crippen LogP contribution in [0.5, 0.6) is 0 Å². The lowest BCUT2D eigenvalue weighted by molar-refractivity contribution is -0.138. The number of rotatable bonds is 5. The van der Waals surface area contributed by atoms with E-state index in [1.165, 1.54) is 17.7 Å². The van der Waals surface area contributed by atoms with Crippen LogP contribution in [-0.4, -0.2) is 27.0 Å². The van der Waals surface area contributed by atoms with Crippen LogP contribution >= 0.6 is 11.3 Å². The van der Waals surface area contributed by atoms with Gasteiger partial charge in [0.25, 0.3) is 0 Å². The van der Waals surface area contributed by atoms with Crippen LogP contribution in [0.2, 0.25) is 0 Å². The number of thiophene rings is 1. The van der Waals surface area contributed by atoms with E-state index in [1.807, 2.05) is 11.4 Å². The summed E-state index contributed by atoms with van der Waals surface area (Å²) in [4.78, 5) is 30.5. The number of hydrazine groups is 1. The number of fused-ring (bicyclic) bond motifs is 1. The zero-order valence-electron chi connectivity index (χ0n) is 9.21. The highest BCUT2D eigenvalue weighted by atomic mass is 32.1. The maximum absolute atomic E-state index is 11.3. The van der Waals surface area contributed by atoms with Gasteiger partial charge in [0.1, 0.15) is 11.2 Å². The molecule has 1 amide bonds. The Morgan fingerprint density at radius 2 is 2.17 bits per heavy atom. The number of carbonyl (C=O) groups excluding carboxylic acids is 1. The van der Waals surface area contributed by atoms with Gasteiger partial charge in [-0.05, 0) is 11.4 Å². The third kappa shape index (κ3) is 2.92. The lowest BCUT2D eigenvalue weighted by atomic mass is 10.3. The van der Waals surface area contributed by atoms with Gasteiger partial charge >= 0.3 is 5.97 Å². The molecule has 0 aliphatic heterocycles. The van der Waals surface area contributed by atoms with Gasteiger partial charge in [0.15, 0.2) is 5.82 Å². The largest absolute Gasteiger partial charge is 0.481 e. The summed E-state index contributed by atoms with van der Waals surface area (Å²) in [5.74, 6) is -0.920. The molecule has 2 aromatic rings. The Hall–Kier alpha value is -2.22. The van der Waals surface area contributed by atoms with E-state index in [4.69, 9.17) is 5.11 Å². The van der Waals surface area contributed by atoms with Gasteiger partial charge in [0.05, 0.1) is 11.8 Å². The molecular weight excluding hydrogens is 256 g/mol. The van der Waals surface area contributed by atoms with Gasteiger partial charge in [0.2, 0.25) is 5.91 Å². The molecule has 0 radical (unpaired) electrons. The second-order valence-electron chi connectivity index (χ2n) is 3.43. The summed E-state index contributed by atoms with van der Waals surface area (Å²) in [5, 5.41) is 11.1. The molecule has 0 bridgehead atoms. The maximum atomic E-state index is 11.3. The van der Waals surface area contributed by atoms with Crippen molar-refractivity contribution in [3.8, 4) is 0 Å². The number of amides is 1. The smallest absolute Gasteiger partial charge is 0.303 e. The first-order chi connectivity index (χ1) is 8.66. The van der Waals surface area contributed by atoms with Crippen LogP contribution in [0.1, 0.15) is 12.8 Å². The van der Waals surface area contributed by atoms with Crippen LogP contribution in [0.15, 0.2) is 17.8 Å². The van der Waals surface area contributed by atoms with Crippen molar-refractivity contribution in [2.45, 2.75) is 12.8 Å². The van der Waals surface area contributed by atoms with Crippen LogP contribution in [0, 0.1) is 0 Å². The number of hydrogen-bond donors (Lipinski definition) is 3. The third-order valence-electron chi connectivity index (χ3n) is 2.15. The molecule has 7 nitrogen and oxygen atoms in total. The normalized spacial score (nSPS) is 10.2. The number of aromatic nitrogens is 2. The minimum absolute atomic E-state index is 0.0831. The Morgan fingerprint density at radius 3 is 2.94 bits per heavy atom. The molecular formula is C10H10N4O3S. The molecule has 94 valence electrons. The predicted octanol–water partition coefficient (Wildman–Crippen LogP) is 0.999. The summed E-state index contributed by atoms with van der Waals surface area (Å²) >= 11 is 1.47. The summed E-state index contributed by atoms with van der Waals surface area (Å²) < 4.78 is 0. The van der Waals surface area contributed by atoms with E-state index < -0.39 is 11.9 Å². The lowest BCUT2D eigenvalue weighted by Crippen LogP contribution is -2.30.